The van der Waals surface area contributed by atoms with Crippen LogP contribution in [0.25, 0.3) is 0 Å². The predicted molar refractivity (Wildman–Crippen MR) is 79.1 cm³/mol. The number of hydrogen-bond donors (Lipinski definition) is 1. The van der Waals surface area contributed by atoms with Gasteiger partial charge in [-0.25, -0.2) is 4.79 Å². The first kappa shape index (κ1) is 13.9. The predicted octanol–water partition coefficient (Wildman–Crippen LogP) is 4.04. The van der Waals surface area contributed by atoms with Gasteiger partial charge < -0.3 is 10.5 Å². The van der Waals surface area contributed by atoms with Crippen LogP contribution in [0.4, 0.5) is 5.69 Å². The summed E-state index contributed by atoms with van der Waals surface area (Å²) in [5.74, 6) is -0.490. The molecule has 0 bridgehead atoms. The van der Waals surface area contributed by atoms with Crippen LogP contribution in [0.1, 0.15) is 15.9 Å². The van der Waals surface area contributed by atoms with Crippen molar-refractivity contribution >= 4 is 39.2 Å². The summed E-state index contributed by atoms with van der Waals surface area (Å²) in [7, 11) is 0. The number of benzene rings is 2. The van der Waals surface area contributed by atoms with Crippen LogP contribution in [0, 0.1) is 0 Å². The number of hydrogen-bond acceptors (Lipinski definition) is 3. The van der Waals surface area contributed by atoms with E-state index in [4.69, 9.17) is 22.1 Å². The van der Waals surface area contributed by atoms with Gasteiger partial charge in [0.25, 0.3) is 0 Å². The standard InChI is InChI=1S/C14H11BrClNO2/c15-12-4-2-1-3-9(12)8-19-14(18)11-7-10(16)5-6-13(11)17/h1-7H,8,17H2. The molecule has 2 aromatic carbocycles. The number of carbonyl (C=O) groups is 1. The van der Waals surface area contributed by atoms with Crippen LogP contribution in [0.5, 0.6) is 0 Å². The summed E-state index contributed by atoms with van der Waals surface area (Å²) in [6.45, 7) is 0.173. The van der Waals surface area contributed by atoms with Crippen molar-refractivity contribution in [3.05, 3.63) is 63.1 Å². The molecule has 19 heavy (non-hydrogen) atoms. The van der Waals surface area contributed by atoms with Crippen LogP contribution in [-0.2, 0) is 11.3 Å². The van der Waals surface area contributed by atoms with E-state index in [9.17, 15) is 4.79 Å². The topological polar surface area (TPSA) is 52.3 Å². The zero-order valence-corrected chi connectivity index (χ0v) is 12.2. The Morgan fingerprint density at radius 1 is 1.26 bits per heavy atom. The van der Waals surface area contributed by atoms with Gasteiger partial charge in [-0.3, -0.25) is 0 Å². The van der Waals surface area contributed by atoms with E-state index in [1.165, 1.54) is 6.07 Å². The average Bonchev–Trinajstić information content (AvgIpc) is 2.40. The maximum atomic E-state index is 11.9. The van der Waals surface area contributed by atoms with Crippen LogP contribution in [-0.4, -0.2) is 5.97 Å². The summed E-state index contributed by atoms with van der Waals surface area (Å²) < 4.78 is 6.11. The van der Waals surface area contributed by atoms with Gasteiger partial charge >= 0.3 is 5.97 Å². The van der Waals surface area contributed by atoms with Gasteiger partial charge in [0.05, 0.1) is 5.56 Å². The van der Waals surface area contributed by atoms with E-state index in [0.717, 1.165) is 10.0 Å². The molecule has 2 rings (SSSR count). The lowest BCUT2D eigenvalue weighted by atomic mass is 10.2. The van der Waals surface area contributed by atoms with E-state index in [0.29, 0.717) is 10.7 Å². The van der Waals surface area contributed by atoms with E-state index in [2.05, 4.69) is 15.9 Å². The van der Waals surface area contributed by atoms with Crippen LogP contribution >= 0.6 is 27.5 Å². The molecule has 0 fully saturated rings. The number of halogens is 2. The van der Waals surface area contributed by atoms with E-state index < -0.39 is 5.97 Å². The van der Waals surface area contributed by atoms with Gasteiger partial charge in [-0.15, -0.1) is 0 Å². The molecule has 98 valence electrons. The molecular weight excluding hydrogens is 330 g/mol. The lowest BCUT2D eigenvalue weighted by molar-refractivity contribution is 0.0473. The van der Waals surface area contributed by atoms with Gasteiger partial charge in [-0.2, -0.15) is 0 Å². The molecule has 0 aliphatic heterocycles. The second-order valence-electron chi connectivity index (χ2n) is 3.90. The largest absolute Gasteiger partial charge is 0.457 e. The van der Waals surface area contributed by atoms with Crippen molar-refractivity contribution in [1.29, 1.82) is 0 Å². The molecule has 0 aliphatic carbocycles. The monoisotopic (exact) mass is 339 g/mol. The third kappa shape index (κ3) is 3.49. The van der Waals surface area contributed by atoms with Crippen molar-refractivity contribution in [2.24, 2.45) is 0 Å². The number of rotatable bonds is 3. The molecule has 0 radical (unpaired) electrons. The molecule has 0 saturated heterocycles. The zero-order chi connectivity index (χ0) is 13.8. The van der Waals surface area contributed by atoms with Gasteiger partial charge in [0.15, 0.2) is 0 Å². The highest BCUT2D eigenvalue weighted by molar-refractivity contribution is 9.10. The SMILES string of the molecule is Nc1ccc(Cl)cc1C(=O)OCc1ccccc1Br. The van der Waals surface area contributed by atoms with Crippen molar-refractivity contribution in [3.8, 4) is 0 Å². The van der Waals surface area contributed by atoms with E-state index in [-0.39, 0.29) is 12.2 Å². The molecule has 0 saturated carbocycles. The van der Waals surface area contributed by atoms with E-state index >= 15 is 0 Å². The second kappa shape index (κ2) is 6.08. The van der Waals surface area contributed by atoms with Gasteiger partial charge in [0.2, 0.25) is 0 Å². The lowest BCUT2D eigenvalue weighted by Crippen LogP contribution is -2.08. The first-order chi connectivity index (χ1) is 9.08. The highest BCUT2D eigenvalue weighted by Crippen LogP contribution is 2.21. The normalized spacial score (nSPS) is 10.2. The van der Waals surface area contributed by atoms with Gasteiger partial charge in [0.1, 0.15) is 6.61 Å². The van der Waals surface area contributed by atoms with Crippen molar-refractivity contribution in [3.63, 3.8) is 0 Å². The Balaban J connectivity index is 2.10. The van der Waals surface area contributed by atoms with Crippen molar-refractivity contribution < 1.29 is 9.53 Å². The lowest BCUT2D eigenvalue weighted by Gasteiger charge is -2.08. The molecule has 2 aromatic rings. The Morgan fingerprint density at radius 2 is 2.00 bits per heavy atom. The van der Waals surface area contributed by atoms with Crippen LogP contribution in [0.2, 0.25) is 5.02 Å². The van der Waals surface area contributed by atoms with Crippen LogP contribution in [0.3, 0.4) is 0 Å². The van der Waals surface area contributed by atoms with E-state index in [1.807, 2.05) is 24.3 Å². The van der Waals surface area contributed by atoms with Crippen LogP contribution in [0.15, 0.2) is 46.9 Å². The second-order valence-corrected chi connectivity index (χ2v) is 5.19. The molecule has 0 heterocycles. The Bertz CT molecular complexity index is 616. The summed E-state index contributed by atoms with van der Waals surface area (Å²) in [6.07, 6.45) is 0. The number of anilines is 1. The van der Waals surface area contributed by atoms with Gasteiger partial charge in [-0.05, 0) is 24.3 Å². The fourth-order valence-corrected chi connectivity index (χ4v) is 2.11. The molecule has 2 N–H and O–H groups in total. The highest BCUT2D eigenvalue weighted by atomic mass is 79.9. The van der Waals surface area contributed by atoms with Crippen molar-refractivity contribution in [2.75, 3.05) is 5.73 Å². The fourth-order valence-electron chi connectivity index (χ4n) is 1.54. The Hall–Kier alpha value is -1.52. The minimum absolute atomic E-state index is 0.173. The molecule has 0 amide bonds. The third-order valence-corrected chi connectivity index (χ3v) is 3.56. The zero-order valence-electron chi connectivity index (χ0n) is 9.90. The van der Waals surface area contributed by atoms with Gasteiger partial charge in [0, 0.05) is 20.7 Å². The average molecular weight is 341 g/mol. The highest BCUT2D eigenvalue weighted by Gasteiger charge is 2.12. The Labute approximate surface area is 124 Å². The molecule has 0 spiro atoms. The molecule has 5 heteroatoms. The minimum atomic E-state index is -0.490. The van der Waals surface area contributed by atoms with Crippen molar-refractivity contribution in [1.82, 2.24) is 0 Å². The molecule has 0 aliphatic rings. The number of nitrogen functional groups attached to an aromatic ring is 1. The smallest absolute Gasteiger partial charge is 0.340 e. The first-order valence-corrected chi connectivity index (χ1v) is 6.70. The van der Waals surface area contributed by atoms with E-state index in [1.54, 1.807) is 12.1 Å². The number of ether oxygens (including phenoxy) is 1. The molecule has 0 atom stereocenters. The molecule has 0 unspecified atom stereocenters. The first-order valence-electron chi connectivity index (χ1n) is 5.53. The summed E-state index contributed by atoms with van der Waals surface area (Å²) in [4.78, 5) is 11.9. The fraction of sp³-hybridized carbons (Fsp3) is 0.0714. The van der Waals surface area contributed by atoms with Gasteiger partial charge in [-0.1, -0.05) is 45.7 Å². The third-order valence-electron chi connectivity index (χ3n) is 2.55. The number of esters is 1. The number of carbonyl (C=O) groups excluding carboxylic acids is 1. The quantitative estimate of drug-likeness (QED) is 0.677. The maximum absolute atomic E-state index is 11.9. The maximum Gasteiger partial charge on any atom is 0.340 e. The van der Waals surface area contributed by atoms with Crippen LogP contribution < -0.4 is 5.73 Å². The molecular formula is C14H11BrClNO2. The molecule has 0 aromatic heterocycles. The Kier molecular flexibility index (Phi) is 4.45. The summed E-state index contributed by atoms with van der Waals surface area (Å²) >= 11 is 9.22. The Morgan fingerprint density at radius 3 is 2.74 bits per heavy atom. The minimum Gasteiger partial charge on any atom is -0.457 e. The summed E-state index contributed by atoms with van der Waals surface area (Å²) in [5.41, 5.74) is 7.23. The summed E-state index contributed by atoms with van der Waals surface area (Å²) in [6, 6.07) is 12.2. The summed E-state index contributed by atoms with van der Waals surface area (Å²) in [5, 5.41) is 0.446. The molecule has 3 nitrogen and oxygen atoms in total. The number of nitrogens with two attached hydrogens (primary N) is 1. The van der Waals surface area contributed by atoms with Crippen molar-refractivity contribution in [2.45, 2.75) is 6.61 Å².